The van der Waals surface area contributed by atoms with Crippen molar-refractivity contribution in [2.24, 2.45) is 0 Å². The summed E-state index contributed by atoms with van der Waals surface area (Å²) in [6.07, 6.45) is 0.743. The van der Waals surface area contributed by atoms with E-state index in [2.05, 4.69) is 0 Å². The predicted molar refractivity (Wildman–Crippen MR) is 103 cm³/mol. The zero-order chi connectivity index (χ0) is 20.5. The molecule has 0 unspecified atom stereocenters. The highest BCUT2D eigenvalue weighted by Gasteiger charge is 2.41. The van der Waals surface area contributed by atoms with Crippen LogP contribution in [-0.4, -0.2) is 41.9 Å². The van der Waals surface area contributed by atoms with E-state index in [1.807, 2.05) is 0 Å². The van der Waals surface area contributed by atoms with Crippen LogP contribution in [0.5, 0.6) is 11.5 Å². The van der Waals surface area contributed by atoms with Crippen molar-refractivity contribution in [3.63, 3.8) is 0 Å². The summed E-state index contributed by atoms with van der Waals surface area (Å²) in [7, 11) is 0. The van der Waals surface area contributed by atoms with Crippen molar-refractivity contribution in [1.29, 1.82) is 0 Å². The lowest BCUT2D eigenvalue weighted by Crippen LogP contribution is -2.43. The number of hydrogen-bond donors (Lipinski definition) is 0. The van der Waals surface area contributed by atoms with Gasteiger partial charge in [0.15, 0.2) is 11.5 Å². The fourth-order valence-corrected chi connectivity index (χ4v) is 3.60. The van der Waals surface area contributed by atoms with E-state index in [1.165, 1.54) is 6.92 Å². The summed E-state index contributed by atoms with van der Waals surface area (Å²) < 4.78 is 16.5. The maximum Gasteiger partial charge on any atom is 0.329 e. The standard InChI is InChI=1S/C21H18ClNO6/c1-12(23-19(24)14-5-2-3-6-15(14)20(23)25)21(26)29-11-13-9-16(22)18-17(10-13)27-7-4-8-28-18/h2-3,5-6,9-10,12H,4,7-8,11H2,1H3/t12-/m1/s1. The van der Waals surface area contributed by atoms with Gasteiger partial charge in [-0.25, -0.2) is 4.79 Å². The minimum Gasteiger partial charge on any atom is -0.489 e. The molecule has 0 radical (unpaired) electrons. The molecule has 0 spiro atoms. The fourth-order valence-electron chi connectivity index (χ4n) is 3.31. The van der Waals surface area contributed by atoms with Gasteiger partial charge >= 0.3 is 5.97 Å². The highest BCUT2D eigenvalue weighted by molar-refractivity contribution is 6.32. The third kappa shape index (κ3) is 3.53. The summed E-state index contributed by atoms with van der Waals surface area (Å²) in [5.74, 6) is -0.738. The van der Waals surface area contributed by atoms with E-state index in [0.29, 0.717) is 35.3 Å². The number of amides is 2. The highest BCUT2D eigenvalue weighted by atomic mass is 35.5. The first kappa shape index (κ1) is 19.3. The zero-order valence-electron chi connectivity index (χ0n) is 15.6. The summed E-state index contributed by atoms with van der Waals surface area (Å²) in [6, 6.07) is 8.75. The van der Waals surface area contributed by atoms with Gasteiger partial charge in [0, 0.05) is 6.42 Å². The molecule has 0 aliphatic carbocycles. The Hall–Kier alpha value is -3.06. The second kappa shape index (κ2) is 7.75. The molecule has 0 N–H and O–H groups in total. The van der Waals surface area contributed by atoms with Gasteiger partial charge < -0.3 is 14.2 Å². The predicted octanol–water partition coefficient (Wildman–Crippen LogP) is 3.23. The number of nitrogens with zero attached hydrogens (tertiary/aromatic N) is 1. The number of fused-ring (bicyclic) bond motifs is 2. The molecule has 8 heteroatoms. The molecule has 0 bridgehead atoms. The molecule has 0 aromatic heterocycles. The largest absolute Gasteiger partial charge is 0.489 e. The molecule has 2 aromatic rings. The first-order valence-electron chi connectivity index (χ1n) is 9.19. The molecule has 2 heterocycles. The van der Waals surface area contributed by atoms with E-state index in [9.17, 15) is 14.4 Å². The summed E-state index contributed by atoms with van der Waals surface area (Å²) in [5, 5.41) is 0.365. The van der Waals surface area contributed by atoms with Crippen LogP contribution >= 0.6 is 11.6 Å². The van der Waals surface area contributed by atoms with E-state index < -0.39 is 23.8 Å². The molecule has 2 aromatic carbocycles. The van der Waals surface area contributed by atoms with Crippen LogP contribution in [0, 0.1) is 0 Å². The van der Waals surface area contributed by atoms with Crippen LogP contribution in [0.15, 0.2) is 36.4 Å². The van der Waals surface area contributed by atoms with Gasteiger partial charge in [0.05, 0.1) is 29.4 Å². The maximum absolute atomic E-state index is 12.5. The summed E-state index contributed by atoms with van der Waals surface area (Å²) in [4.78, 5) is 38.5. The third-order valence-corrected chi connectivity index (χ3v) is 5.08. The number of carbonyl (C=O) groups is 3. The molecule has 2 amide bonds. The van der Waals surface area contributed by atoms with Gasteiger partial charge in [-0.15, -0.1) is 0 Å². The Morgan fingerprint density at radius 2 is 1.79 bits per heavy atom. The molecule has 0 saturated carbocycles. The van der Waals surface area contributed by atoms with Crippen molar-refractivity contribution < 1.29 is 28.6 Å². The van der Waals surface area contributed by atoms with E-state index in [1.54, 1.807) is 36.4 Å². The Labute approximate surface area is 172 Å². The maximum atomic E-state index is 12.5. The minimum atomic E-state index is -1.06. The summed E-state index contributed by atoms with van der Waals surface area (Å²) in [6.45, 7) is 2.40. The average molecular weight is 416 g/mol. The second-order valence-corrected chi connectivity index (χ2v) is 7.17. The van der Waals surface area contributed by atoms with Crippen molar-refractivity contribution in [1.82, 2.24) is 4.90 Å². The first-order chi connectivity index (χ1) is 14.0. The van der Waals surface area contributed by atoms with Crippen LogP contribution in [0.4, 0.5) is 0 Å². The molecule has 29 heavy (non-hydrogen) atoms. The molecule has 2 aliphatic rings. The number of benzene rings is 2. The molecule has 150 valence electrons. The molecular weight excluding hydrogens is 398 g/mol. The monoisotopic (exact) mass is 415 g/mol. The average Bonchev–Trinajstić information content (AvgIpc) is 2.87. The Morgan fingerprint density at radius 3 is 2.48 bits per heavy atom. The fraction of sp³-hybridized carbons (Fsp3) is 0.286. The van der Waals surface area contributed by atoms with E-state index in [0.717, 1.165) is 11.3 Å². The molecule has 0 fully saturated rings. The molecular formula is C21H18ClNO6. The Bertz CT molecular complexity index is 970. The van der Waals surface area contributed by atoms with Gasteiger partial charge in [-0.1, -0.05) is 23.7 Å². The smallest absolute Gasteiger partial charge is 0.329 e. The number of rotatable bonds is 4. The number of esters is 1. The molecule has 0 saturated heterocycles. The van der Waals surface area contributed by atoms with E-state index in [4.69, 9.17) is 25.8 Å². The van der Waals surface area contributed by atoms with Gasteiger partial charge in [0.1, 0.15) is 12.6 Å². The zero-order valence-corrected chi connectivity index (χ0v) is 16.4. The Morgan fingerprint density at radius 1 is 1.14 bits per heavy atom. The topological polar surface area (TPSA) is 82.1 Å². The molecule has 4 rings (SSSR count). The van der Waals surface area contributed by atoms with E-state index in [-0.39, 0.29) is 17.7 Å². The first-order valence-corrected chi connectivity index (χ1v) is 9.56. The van der Waals surface area contributed by atoms with E-state index >= 15 is 0 Å². The van der Waals surface area contributed by atoms with Gasteiger partial charge in [0.2, 0.25) is 0 Å². The Balaban J connectivity index is 1.45. The lowest BCUT2D eigenvalue weighted by Gasteiger charge is -2.21. The number of imide groups is 1. The van der Waals surface area contributed by atoms with Crippen LogP contribution in [0.2, 0.25) is 5.02 Å². The van der Waals surface area contributed by atoms with Gasteiger partial charge in [-0.2, -0.15) is 0 Å². The van der Waals surface area contributed by atoms with Crippen molar-refractivity contribution in [3.8, 4) is 11.5 Å². The number of hydrogen-bond acceptors (Lipinski definition) is 6. The van der Waals surface area contributed by atoms with Gasteiger partial charge in [0.25, 0.3) is 11.8 Å². The SMILES string of the molecule is C[C@H](C(=O)OCc1cc(Cl)c2c(c1)OCCCO2)N1C(=O)c2ccccc2C1=O. The van der Waals surface area contributed by atoms with Crippen LogP contribution < -0.4 is 9.47 Å². The third-order valence-electron chi connectivity index (χ3n) is 4.80. The summed E-state index contributed by atoms with van der Waals surface area (Å²) >= 11 is 6.25. The number of ether oxygens (including phenoxy) is 3. The lowest BCUT2D eigenvalue weighted by atomic mass is 10.1. The van der Waals surface area contributed by atoms with Crippen LogP contribution in [-0.2, 0) is 16.1 Å². The number of carbonyl (C=O) groups excluding carboxylic acids is 3. The highest BCUT2D eigenvalue weighted by Crippen LogP contribution is 2.38. The molecule has 7 nitrogen and oxygen atoms in total. The normalized spacial score (nSPS) is 16.3. The second-order valence-electron chi connectivity index (χ2n) is 6.76. The quantitative estimate of drug-likeness (QED) is 0.563. The van der Waals surface area contributed by atoms with Crippen LogP contribution in [0.3, 0.4) is 0 Å². The number of halogens is 1. The lowest BCUT2D eigenvalue weighted by molar-refractivity contribution is -0.149. The van der Waals surface area contributed by atoms with Gasteiger partial charge in [-0.3, -0.25) is 14.5 Å². The molecule has 1 atom stereocenters. The van der Waals surface area contributed by atoms with Crippen LogP contribution in [0.1, 0.15) is 39.6 Å². The van der Waals surface area contributed by atoms with Crippen molar-refractivity contribution in [3.05, 3.63) is 58.1 Å². The van der Waals surface area contributed by atoms with Crippen molar-refractivity contribution in [2.75, 3.05) is 13.2 Å². The van der Waals surface area contributed by atoms with Crippen molar-refractivity contribution >= 4 is 29.4 Å². The minimum absolute atomic E-state index is 0.0807. The van der Waals surface area contributed by atoms with Gasteiger partial charge in [-0.05, 0) is 36.8 Å². The Kier molecular flexibility index (Phi) is 5.15. The summed E-state index contributed by atoms with van der Waals surface area (Å²) in [5.41, 5.74) is 1.18. The van der Waals surface area contributed by atoms with Crippen LogP contribution in [0.25, 0.3) is 0 Å². The molecule has 2 aliphatic heterocycles. The van der Waals surface area contributed by atoms with Crippen molar-refractivity contribution in [2.45, 2.75) is 26.0 Å².